The zero-order valence-electron chi connectivity index (χ0n) is 12.1. The van der Waals surface area contributed by atoms with Gasteiger partial charge in [-0.15, -0.1) is 0 Å². The molecule has 1 aliphatic carbocycles. The molecule has 0 saturated heterocycles. The highest BCUT2D eigenvalue weighted by Crippen LogP contribution is 2.41. The maximum atomic E-state index is 11.7. The monoisotopic (exact) mass is 264 g/mol. The van der Waals surface area contributed by atoms with E-state index >= 15 is 0 Å². The first kappa shape index (κ1) is 14.1. The number of hydrogen-bond acceptors (Lipinski definition) is 2. The minimum absolute atomic E-state index is 0.320. The van der Waals surface area contributed by atoms with E-state index in [1.165, 1.54) is 0 Å². The lowest BCUT2D eigenvalue weighted by atomic mass is 9.68. The SMILES string of the molecule is CC1CCC(Cc2ccn(C(C)C)n2)(C(=O)O)CC1. The predicted octanol–water partition coefficient (Wildman–Crippen LogP) is 3.29. The van der Waals surface area contributed by atoms with Crippen LogP contribution in [-0.2, 0) is 11.2 Å². The highest BCUT2D eigenvalue weighted by Gasteiger charge is 2.41. The van der Waals surface area contributed by atoms with E-state index in [-0.39, 0.29) is 0 Å². The Balaban J connectivity index is 2.14. The molecule has 0 unspecified atom stereocenters. The predicted molar refractivity (Wildman–Crippen MR) is 74.0 cm³/mol. The molecule has 0 spiro atoms. The van der Waals surface area contributed by atoms with Gasteiger partial charge in [0.1, 0.15) is 0 Å². The van der Waals surface area contributed by atoms with Crippen LogP contribution >= 0.6 is 0 Å². The molecule has 0 atom stereocenters. The smallest absolute Gasteiger partial charge is 0.310 e. The molecule has 0 aromatic carbocycles. The first-order chi connectivity index (χ1) is 8.93. The summed E-state index contributed by atoms with van der Waals surface area (Å²) in [6.45, 7) is 6.36. The Labute approximate surface area is 114 Å². The van der Waals surface area contributed by atoms with Crippen LogP contribution in [0.1, 0.15) is 58.2 Å². The van der Waals surface area contributed by atoms with Crippen molar-refractivity contribution in [1.29, 1.82) is 0 Å². The number of hydrogen-bond donors (Lipinski definition) is 1. The van der Waals surface area contributed by atoms with E-state index < -0.39 is 11.4 Å². The van der Waals surface area contributed by atoms with Crippen molar-refractivity contribution >= 4 is 5.97 Å². The Morgan fingerprint density at radius 1 is 1.53 bits per heavy atom. The summed E-state index contributed by atoms with van der Waals surface area (Å²) in [5.41, 5.74) is 0.313. The van der Waals surface area contributed by atoms with E-state index in [4.69, 9.17) is 0 Å². The van der Waals surface area contributed by atoms with Gasteiger partial charge in [-0.25, -0.2) is 0 Å². The largest absolute Gasteiger partial charge is 0.481 e. The average molecular weight is 264 g/mol. The molecular formula is C15H24N2O2. The van der Waals surface area contributed by atoms with Crippen LogP contribution in [0.5, 0.6) is 0 Å². The van der Waals surface area contributed by atoms with Gasteiger partial charge in [0.25, 0.3) is 0 Å². The quantitative estimate of drug-likeness (QED) is 0.908. The third-order valence-corrected chi connectivity index (χ3v) is 4.40. The second-order valence-electron chi connectivity index (χ2n) is 6.33. The molecule has 1 aromatic rings. The number of carbonyl (C=O) groups is 1. The number of aliphatic carboxylic acids is 1. The summed E-state index contributed by atoms with van der Waals surface area (Å²) >= 11 is 0. The van der Waals surface area contributed by atoms with Gasteiger partial charge in [0, 0.05) is 18.7 Å². The second-order valence-corrected chi connectivity index (χ2v) is 6.33. The highest BCUT2D eigenvalue weighted by atomic mass is 16.4. The Kier molecular flexibility index (Phi) is 3.97. The Hall–Kier alpha value is -1.32. The third-order valence-electron chi connectivity index (χ3n) is 4.40. The molecule has 4 heteroatoms. The van der Waals surface area contributed by atoms with Gasteiger partial charge in [-0.3, -0.25) is 9.48 Å². The molecule has 19 heavy (non-hydrogen) atoms. The molecule has 1 saturated carbocycles. The van der Waals surface area contributed by atoms with Crippen LogP contribution in [-0.4, -0.2) is 20.9 Å². The van der Waals surface area contributed by atoms with Crippen LogP contribution in [0.25, 0.3) is 0 Å². The lowest BCUT2D eigenvalue weighted by Crippen LogP contribution is -2.37. The van der Waals surface area contributed by atoms with Crippen molar-refractivity contribution < 1.29 is 9.90 Å². The van der Waals surface area contributed by atoms with E-state index in [1.54, 1.807) is 0 Å². The Morgan fingerprint density at radius 3 is 2.63 bits per heavy atom. The normalized spacial score (nSPS) is 27.7. The molecule has 4 nitrogen and oxygen atoms in total. The molecule has 0 radical (unpaired) electrons. The standard InChI is InChI=1S/C15H24N2O2/c1-11(2)17-9-6-13(16-17)10-15(14(18)19)7-4-12(3)5-8-15/h6,9,11-12H,4-5,7-8,10H2,1-3H3,(H,18,19). The van der Waals surface area contributed by atoms with Gasteiger partial charge < -0.3 is 5.11 Å². The van der Waals surface area contributed by atoms with E-state index in [2.05, 4.69) is 25.9 Å². The van der Waals surface area contributed by atoms with E-state index in [9.17, 15) is 9.90 Å². The topological polar surface area (TPSA) is 55.1 Å². The minimum atomic E-state index is -0.654. The van der Waals surface area contributed by atoms with Crippen molar-refractivity contribution in [3.05, 3.63) is 18.0 Å². The Bertz CT molecular complexity index is 443. The number of carboxylic acids is 1. The number of rotatable bonds is 4. The zero-order chi connectivity index (χ0) is 14.0. The fourth-order valence-electron chi connectivity index (χ4n) is 2.89. The van der Waals surface area contributed by atoms with Gasteiger partial charge in [0.15, 0.2) is 0 Å². The van der Waals surface area contributed by atoms with Gasteiger partial charge in [-0.1, -0.05) is 6.92 Å². The summed E-state index contributed by atoms with van der Waals surface area (Å²) in [5, 5.41) is 14.1. The molecule has 0 amide bonds. The first-order valence-corrected chi connectivity index (χ1v) is 7.20. The number of aromatic nitrogens is 2. The minimum Gasteiger partial charge on any atom is -0.481 e. The molecule has 1 fully saturated rings. The fraction of sp³-hybridized carbons (Fsp3) is 0.733. The number of nitrogens with zero attached hydrogens (tertiary/aromatic N) is 2. The fourth-order valence-corrected chi connectivity index (χ4v) is 2.89. The summed E-state index contributed by atoms with van der Waals surface area (Å²) in [6.07, 6.45) is 6.08. The van der Waals surface area contributed by atoms with Crippen LogP contribution in [0.2, 0.25) is 0 Å². The molecule has 1 heterocycles. The molecule has 1 N–H and O–H groups in total. The van der Waals surface area contributed by atoms with Crippen molar-refractivity contribution in [3.63, 3.8) is 0 Å². The van der Waals surface area contributed by atoms with Crippen molar-refractivity contribution in [2.75, 3.05) is 0 Å². The molecule has 0 bridgehead atoms. The lowest BCUT2D eigenvalue weighted by Gasteiger charge is -2.35. The van der Waals surface area contributed by atoms with Crippen LogP contribution in [0.15, 0.2) is 12.3 Å². The summed E-state index contributed by atoms with van der Waals surface area (Å²) in [6, 6.07) is 2.28. The van der Waals surface area contributed by atoms with E-state index in [1.807, 2.05) is 16.9 Å². The van der Waals surface area contributed by atoms with Gasteiger partial charge in [-0.2, -0.15) is 5.10 Å². The molecule has 0 aliphatic heterocycles. The molecule has 106 valence electrons. The van der Waals surface area contributed by atoms with Crippen LogP contribution in [0.4, 0.5) is 0 Å². The zero-order valence-corrected chi connectivity index (χ0v) is 12.1. The summed E-state index contributed by atoms with van der Waals surface area (Å²) < 4.78 is 1.90. The highest BCUT2D eigenvalue weighted by molar-refractivity contribution is 5.75. The maximum Gasteiger partial charge on any atom is 0.310 e. The second kappa shape index (κ2) is 5.35. The third kappa shape index (κ3) is 2.99. The Morgan fingerprint density at radius 2 is 2.16 bits per heavy atom. The summed E-state index contributed by atoms with van der Waals surface area (Å²) in [7, 11) is 0. The van der Waals surface area contributed by atoms with Crippen molar-refractivity contribution in [3.8, 4) is 0 Å². The molecule has 1 aliphatic rings. The van der Waals surface area contributed by atoms with Crippen LogP contribution in [0, 0.1) is 11.3 Å². The van der Waals surface area contributed by atoms with E-state index in [0.29, 0.717) is 18.4 Å². The lowest BCUT2D eigenvalue weighted by molar-refractivity contribution is -0.151. The van der Waals surface area contributed by atoms with Gasteiger partial charge in [-0.05, 0) is 51.5 Å². The van der Waals surface area contributed by atoms with Gasteiger partial charge >= 0.3 is 5.97 Å². The van der Waals surface area contributed by atoms with E-state index in [0.717, 1.165) is 31.4 Å². The summed E-state index contributed by atoms with van der Waals surface area (Å²) in [4.78, 5) is 11.7. The average Bonchev–Trinajstić information content (AvgIpc) is 2.80. The summed E-state index contributed by atoms with van der Waals surface area (Å²) in [5.74, 6) is -0.000747. The number of carboxylic acid groups (broad SMARTS) is 1. The molecule has 1 aromatic heterocycles. The first-order valence-electron chi connectivity index (χ1n) is 7.20. The van der Waals surface area contributed by atoms with Gasteiger partial charge in [0.2, 0.25) is 0 Å². The maximum absolute atomic E-state index is 11.7. The molecule has 2 rings (SSSR count). The van der Waals surface area contributed by atoms with Crippen LogP contribution in [0.3, 0.4) is 0 Å². The van der Waals surface area contributed by atoms with Gasteiger partial charge in [0.05, 0.1) is 11.1 Å². The van der Waals surface area contributed by atoms with Crippen molar-refractivity contribution in [2.45, 2.75) is 58.9 Å². The van der Waals surface area contributed by atoms with Crippen molar-refractivity contribution in [2.24, 2.45) is 11.3 Å². The van der Waals surface area contributed by atoms with Crippen molar-refractivity contribution in [1.82, 2.24) is 9.78 Å². The molecular weight excluding hydrogens is 240 g/mol. The van der Waals surface area contributed by atoms with Crippen LogP contribution < -0.4 is 0 Å².